The number of hydrogen-bond donors (Lipinski definition) is 0. The minimum atomic E-state index is -1.38. The van der Waals surface area contributed by atoms with Crippen molar-refractivity contribution < 1.29 is 33.4 Å². The molecule has 0 aromatic rings. The third-order valence-corrected chi connectivity index (χ3v) is 6.30. The smallest absolute Gasteiger partial charge is 0.312 e. The van der Waals surface area contributed by atoms with Crippen LogP contribution in [-0.2, 0) is 33.4 Å². The highest BCUT2D eigenvalue weighted by Gasteiger charge is 2.56. The first-order valence-corrected chi connectivity index (χ1v) is 12.1. The van der Waals surface area contributed by atoms with E-state index in [1.54, 1.807) is 79.0 Å². The molecule has 0 saturated carbocycles. The first kappa shape index (κ1) is 26.5. The van der Waals surface area contributed by atoms with Crippen LogP contribution in [0.15, 0.2) is 0 Å². The Morgan fingerprint density at radius 1 is 0.781 bits per heavy atom. The Bertz CT molecular complexity index is 760. The predicted molar refractivity (Wildman–Crippen MR) is 121 cm³/mol. The van der Waals surface area contributed by atoms with Crippen LogP contribution in [0, 0.1) is 16.2 Å². The van der Waals surface area contributed by atoms with Crippen LogP contribution in [0.4, 0.5) is 0 Å². The van der Waals surface area contributed by atoms with Crippen molar-refractivity contribution in [3.8, 4) is 0 Å². The van der Waals surface area contributed by atoms with Crippen LogP contribution < -0.4 is 0 Å². The summed E-state index contributed by atoms with van der Waals surface area (Å²) < 4.78 is 17.3. The third-order valence-electron chi connectivity index (χ3n) is 5.25. The van der Waals surface area contributed by atoms with Gasteiger partial charge in [0.05, 0.1) is 22.3 Å². The molecule has 32 heavy (non-hydrogen) atoms. The van der Waals surface area contributed by atoms with Crippen molar-refractivity contribution in [3.05, 3.63) is 0 Å². The zero-order chi connectivity index (χ0) is 24.6. The van der Waals surface area contributed by atoms with E-state index in [0.29, 0.717) is 18.1 Å². The van der Waals surface area contributed by atoms with Gasteiger partial charge in [-0.15, -0.1) is 0 Å². The van der Waals surface area contributed by atoms with Crippen molar-refractivity contribution >= 4 is 35.6 Å². The highest BCUT2D eigenvalue weighted by atomic mass is 32.2. The van der Waals surface area contributed by atoms with E-state index < -0.39 is 64.4 Å². The van der Waals surface area contributed by atoms with Gasteiger partial charge < -0.3 is 19.1 Å². The Morgan fingerprint density at radius 3 is 1.69 bits per heavy atom. The van der Waals surface area contributed by atoms with Crippen molar-refractivity contribution in [2.45, 2.75) is 86.7 Å². The van der Waals surface area contributed by atoms with Gasteiger partial charge in [-0.3, -0.25) is 19.2 Å². The second-order valence-electron chi connectivity index (χ2n) is 11.5. The fraction of sp³-hybridized carbons (Fsp3) is 0.826. The van der Waals surface area contributed by atoms with Gasteiger partial charge in [0.2, 0.25) is 6.10 Å². The molecule has 2 saturated heterocycles. The van der Waals surface area contributed by atoms with Crippen LogP contribution in [0.1, 0.15) is 62.3 Å². The minimum Gasteiger partial charge on any atom is -0.456 e. The summed E-state index contributed by atoms with van der Waals surface area (Å²) in [6.45, 7) is 15.7. The highest BCUT2D eigenvalue weighted by molar-refractivity contribution is 7.99. The lowest BCUT2D eigenvalue weighted by atomic mass is 9.90. The van der Waals surface area contributed by atoms with E-state index in [1.165, 1.54) is 0 Å². The molecule has 1 amide bonds. The molecule has 0 N–H and O–H groups in total. The lowest BCUT2D eigenvalue weighted by Gasteiger charge is -2.49. The number of hydrogen-bond acceptors (Lipinski definition) is 8. The quantitative estimate of drug-likeness (QED) is 0.458. The van der Waals surface area contributed by atoms with Gasteiger partial charge in [0.25, 0.3) is 5.91 Å². The number of rotatable bonds is 3. The molecule has 2 aliphatic heterocycles. The van der Waals surface area contributed by atoms with Crippen LogP contribution in [0.25, 0.3) is 0 Å². The fourth-order valence-electron chi connectivity index (χ4n) is 3.15. The molecule has 0 aromatic carbocycles. The Balaban J connectivity index is 2.52. The molecule has 0 radical (unpaired) electrons. The first-order valence-electron chi connectivity index (χ1n) is 11.0. The summed E-state index contributed by atoms with van der Waals surface area (Å²) in [6.07, 6.45) is -3.56. The highest BCUT2D eigenvalue weighted by Crippen LogP contribution is 2.35. The lowest BCUT2D eigenvalue weighted by Crippen LogP contribution is -2.69. The second kappa shape index (κ2) is 9.23. The molecule has 2 heterocycles. The van der Waals surface area contributed by atoms with E-state index in [9.17, 15) is 19.2 Å². The van der Waals surface area contributed by atoms with Gasteiger partial charge in [-0.1, -0.05) is 0 Å². The molecule has 8 nitrogen and oxygen atoms in total. The van der Waals surface area contributed by atoms with Gasteiger partial charge in [-0.05, 0) is 62.3 Å². The molecule has 2 aliphatic rings. The Hall–Kier alpha value is -1.77. The molecule has 2 fully saturated rings. The predicted octanol–water partition coefficient (Wildman–Crippen LogP) is 2.82. The van der Waals surface area contributed by atoms with Gasteiger partial charge in [-0.25, -0.2) is 0 Å². The standard InChI is InChI=1S/C23H37NO7S/c1-21(2,3)18(26)29-14-13-12-32-11-10-24(13)17(25)16(31-20(28)23(7,8)9)15(14)30-19(27)22(4,5)6/h13-16H,10-12H2,1-9H3/t13-,14-,15-,16+/m0/s1. The Kier molecular flexibility index (Phi) is 7.64. The summed E-state index contributed by atoms with van der Waals surface area (Å²) in [5.41, 5.74) is -2.53. The summed E-state index contributed by atoms with van der Waals surface area (Å²) in [5, 5.41) is 0. The number of amides is 1. The summed E-state index contributed by atoms with van der Waals surface area (Å²) in [7, 11) is 0. The van der Waals surface area contributed by atoms with Gasteiger partial charge >= 0.3 is 17.9 Å². The molecule has 2 rings (SSSR count). The minimum absolute atomic E-state index is 0.428. The van der Waals surface area contributed by atoms with E-state index >= 15 is 0 Å². The largest absolute Gasteiger partial charge is 0.456 e. The first-order chi connectivity index (χ1) is 14.4. The van der Waals surface area contributed by atoms with E-state index in [0.717, 1.165) is 0 Å². The van der Waals surface area contributed by atoms with E-state index in [4.69, 9.17) is 14.2 Å². The monoisotopic (exact) mass is 471 g/mol. The van der Waals surface area contributed by atoms with Crippen molar-refractivity contribution in [2.75, 3.05) is 18.1 Å². The van der Waals surface area contributed by atoms with Crippen LogP contribution in [0.2, 0.25) is 0 Å². The number of carbonyl (C=O) groups excluding carboxylic acids is 4. The van der Waals surface area contributed by atoms with Gasteiger partial charge in [0.1, 0.15) is 0 Å². The van der Waals surface area contributed by atoms with E-state index in [1.807, 2.05) is 0 Å². The average Bonchev–Trinajstić information content (AvgIpc) is 2.64. The van der Waals surface area contributed by atoms with Gasteiger partial charge in [-0.2, -0.15) is 11.8 Å². The number of esters is 3. The lowest BCUT2D eigenvalue weighted by molar-refractivity contribution is -0.215. The molecule has 0 aliphatic carbocycles. The number of thioether (sulfide) groups is 1. The van der Waals surface area contributed by atoms with Crippen LogP contribution in [0.3, 0.4) is 0 Å². The van der Waals surface area contributed by atoms with Crippen LogP contribution >= 0.6 is 11.8 Å². The number of piperidine rings is 1. The summed E-state index contributed by atoms with van der Waals surface area (Å²) in [6, 6.07) is -0.477. The third kappa shape index (κ3) is 5.97. The number of carbonyl (C=O) groups is 4. The van der Waals surface area contributed by atoms with Crippen molar-refractivity contribution in [1.29, 1.82) is 0 Å². The summed E-state index contributed by atoms with van der Waals surface area (Å²) in [4.78, 5) is 53.4. The summed E-state index contributed by atoms with van der Waals surface area (Å²) in [5.74, 6) is -0.835. The van der Waals surface area contributed by atoms with Crippen LogP contribution in [0.5, 0.6) is 0 Å². The number of fused-ring (bicyclic) bond motifs is 1. The number of nitrogens with zero attached hydrogens (tertiary/aromatic N) is 1. The molecule has 0 spiro atoms. The van der Waals surface area contributed by atoms with Crippen molar-refractivity contribution in [2.24, 2.45) is 16.2 Å². The Morgan fingerprint density at radius 2 is 1.22 bits per heavy atom. The van der Waals surface area contributed by atoms with Crippen LogP contribution in [-0.4, -0.2) is 71.1 Å². The fourth-order valence-corrected chi connectivity index (χ4v) is 4.25. The molecule has 0 bridgehead atoms. The molecule has 9 heteroatoms. The molecular formula is C23H37NO7S. The van der Waals surface area contributed by atoms with Crippen molar-refractivity contribution in [3.63, 3.8) is 0 Å². The van der Waals surface area contributed by atoms with Gasteiger partial charge in [0.15, 0.2) is 12.2 Å². The Labute approximate surface area is 195 Å². The molecule has 4 atom stereocenters. The zero-order valence-corrected chi connectivity index (χ0v) is 21.5. The maximum absolute atomic E-state index is 13.4. The molecule has 0 aromatic heterocycles. The van der Waals surface area contributed by atoms with E-state index in [-0.39, 0.29) is 0 Å². The normalized spacial score (nSPS) is 26.8. The second-order valence-corrected chi connectivity index (χ2v) is 12.6. The SMILES string of the molecule is CC(C)(C)C(=O)O[C@@H]1[C@H](OC(=O)C(C)(C)C)[C@@H](OC(=O)C(C)(C)C)C(=O)N2CCSC[C@@H]12. The molecule has 182 valence electrons. The molecular weight excluding hydrogens is 434 g/mol. The topological polar surface area (TPSA) is 99.2 Å². The maximum Gasteiger partial charge on any atom is 0.312 e. The summed E-state index contributed by atoms with van der Waals surface area (Å²) >= 11 is 1.63. The van der Waals surface area contributed by atoms with E-state index in [2.05, 4.69) is 0 Å². The average molecular weight is 472 g/mol. The molecule has 0 unspecified atom stereocenters. The maximum atomic E-state index is 13.4. The van der Waals surface area contributed by atoms with Crippen molar-refractivity contribution in [1.82, 2.24) is 4.90 Å². The zero-order valence-electron chi connectivity index (χ0n) is 20.6. The number of ether oxygens (including phenoxy) is 3. The van der Waals surface area contributed by atoms with Gasteiger partial charge in [0, 0.05) is 18.1 Å².